The maximum atomic E-state index is 12.6. The predicted octanol–water partition coefficient (Wildman–Crippen LogP) is 3.01. The van der Waals surface area contributed by atoms with E-state index in [-0.39, 0.29) is 22.9 Å². The highest BCUT2D eigenvalue weighted by molar-refractivity contribution is 6.09. The van der Waals surface area contributed by atoms with Gasteiger partial charge in [-0.05, 0) is 37.6 Å². The van der Waals surface area contributed by atoms with Crippen molar-refractivity contribution in [2.75, 3.05) is 32.2 Å². The van der Waals surface area contributed by atoms with Crippen molar-refractivity contribution >= 4 is 23.2 Å². The average Bonchev–Trinajstić information content (AvgIpc) is 2.73. The van der Waals surface area contributed by atoms with Gasteiger partial charge in [0, 0.05) is 31.4 Å². The topological polar surface area (TPSA) is 120 Å². The highest BCUT2D eigenvalue weighted by atomic mass is 16.6. The molecule has 0 radical (unpaired) electrons. The van der Waals surface area contributed by atoms with E-state index in [1.54, 1.807) is 24.3 Å². The van der Waals surface area contributed by atoms with Crippen LogP contribution < -0.4 is 15.4 Å². The number of nitrogens with zero attached hydrogens (tertiary/aromatic N) is 1. The molecule has 2 aromatic rings. The molecule has 0 atom stereocenters. The number of rotatable bonds is 10. The maximum Gasteiger partial charge on any atom is 0.311 e. The minimum Gasteiger partial charge on any atom is -0.490 e. The third kappa shape index (κ3) is 6.01. The smallest absolute Gasteiger partial charge is 0.311 e. The summed E-state index contributed by atoms with van der Waals surface area (Å²) in [4.78, 5) is 35.5. The molecule has 0 spiro atoms. The Morgan fingerprint density at radius 2 is 1.90 bits per heavy atom. The number of amides is 2. The second-order valence-corrected chi connectivity index (χ2v) is 5.95. The van der Waals surface area contributed by atoms with Crippen LogP contribution in [0.1, 0.15) is 34.1 Å². The Hall–Kier alpha value is -3.46. The van der Waals surface area contributed by atoms with Crippen LogP contribution in [0.4, 0.5) is 11.4 Å². The molecule has 0 saturated carbocycles. The van der Waals surface area contributed by atoms with Crippen molar-refractivity contribution in [3.05, 3.63) is 63.7 Å². The molecule has 0 unspecified atom stereocenters. The van der Waals surface area contributed by atoms with E-state index in [2.05, 4.69) is 10.6 Å². The standard InChI is InChI=1S/C20H23N3O6/c1-3-29-12-6-11-21-20(25)15-7-4-5-8-16(15)22-19(24)14-9-10-18(28-2)17(13-14)23(26)27/h4-5,7-10,13H,3,6,11-12H2,1-2H3,(H,21,25)(H,22,24). The van der Waals surface area contributed by atoms with Crippen LogP contribution in [0.5, 0.6) is 5.75 Å². The summed E-state index contributed by atoms with van der Waals surface area (Å²) >= 11 is 0. The quantitative estimate of drug-likeness (QED) is 0.359. The molecule has 0 fully saturated rings. The number of hydrogen-bond acceptors (Lipinski definition) is 6. The van der Waals surface area contributed by atoms with Gasteiger partial charge in [-0.25, -0.2) is 0 Å². The lowest BCUT2D eigenvalue weighted by molar-refractivity contribution is -0.385. The zero-order valence-electron chi connectivity index (χ0n) is 16.3. The Bertz CT molecular complexity index is 884. The second-order valence-electron chi connectivity index (χ2n) is 5.95. The Kier molecular flexibility index (Phi) is 8.11. The third-order valence-electron chi connectivity index (χ3n) is 4.01. The van der Waals surface area contributed by atoms with Crippen LogP contribution in [-0.4, -0.2) is 43.6 Å². The molecule has 2 aromatic carbocycles. The summed E-state index contributed by atoms with van der Waals surface area (Å²) in [6, 6.07) is 10.4. The lowest BCUT2D eigenvalue weighted by Crippen LogP contribution is -2.26. The Labute approximate surface area is 168 Å². The molecule has 29 heavy (non-hydrogen) atoms. The fourth-order valence-electron chi connectivity index (χ4n) is 2.57. The van der Waals surface area contributed by atoms with Crippen LogP contribution in [0.25, 0.3) is 0 Å². The van der Waals surface area contributed by atoms with E-state index < -0.39 is 10.8 Å². The summed E-state index contributed by atoms with van der Waals surface area (Å²) in [7, 11) is 1.31. The van der Waals surface area contributed by atoms with E-state index in [4.69, 9.17) is 9.47 Å². The molecular weight excluding hydrogens is 378 g/mol. The Balaban J connectivity index is 2.12. The molecule has 2 amide bonds. The van der Waals surface area contributed by atoms with E-state index in [9.17, 15) is 19.7 Å². The summed E-state index contributed by atoms with van der Waals surface area (Å²) in [5, 5.41) is 16.6. The zero-order valence-corrected chi connectivity index (χ0v) is 16.3. The van der Waals surface area contributed by atoms with Gasteiger partial charge < -0.3 is 20.1 Å². The number of methoxy groups -OCH3 is 1. The van der Waals surface area contributed by atoms with Gasteiger partial charge in [0.25, 0.3) is 11.8 Å². The molecule has 0 bridgehead atoms. The van der Waals surface area contributed by atoms with E-state index in [1.165, 1.54) is 19.2 Å². The minimum absolute atomic E-state index is 0.0541. The lowest BCUT2D eigenvalue weighted by Gasteiger charge is -2.12. The van der Waals surface area contributed by atoms with Crippen molar-refractivity contribution in [2.24, 2.45) is 0 Å². The van der Waals surface area contributed by atoms with Gasteiger partial charge >= 0.3 is 5.69 Å². The van der Waals surface area contributed by atoms with Gasteiger partial charge in [-0.1, -0.05) is 12.1 Å². The number of anilines is 1. The van der Waals surface area contributed by atoms with Crippen LogP contribution >= 0.6 is 0 Å². The first-order valence-electron chi connectivity index (χ1n) is 9.06. The number of carbonyl (C=O) groups is 2. The minimum atomic E-state index is -0.626. The molecule has 0 aromatic heterocycles. The zero-order chi connectivity index (χ0) is 21.2. The maximum absolute atomic E-state index is 12.6. The summed E-state index contributed by atoms with van der Waals surface area (Å²) in [6.45, 7) is 3.50. The van der Waals surface area contributed by atoms with Crippen LogP contribution in [0, 0.1) is 10.1 Å². The van der Waals surface area contributed by atoms with Gasteiger partial charge in [-0.3, -0.25) is 19.7 Å². The summed E-state index contributed by atoms with van der Waals surface area (Å²) in [5.74, 6) is -0.858. The van der Waals surface area contributed by atoms with Gasteiger partial charge in [0.2, 0.25) is 0 Å². The molecule has 0 saturated heterocycles. The van der Waals surface area contributed by atoms with Gasteiger partial charge in [-0.15, -0.1) is 0 Å². The summed E-state index contributed by atoms with van der Waals surface area (Å²) in [5.41, 5.74) is 0.350. The SMILES string of the molecule is CCOCCCNC(=O)c1ccccc1NC(=O)c1ccc(OC)c([N+](=O)[O-])c1. The van der Waals surface area contributed by atoms with E-state index in [0.29, 0.717) is 37.4 Å². The molecule has 9 nitrogen and oxygen atoms in total. The molecule has 0 aliphatic carbocycles. The van der Waals surface area contributed by atoms with Crippen molar-refractivity contribution in [2.45, 2.75) is 13.3 Å². The number of benzene rings is 2. The normalized spacial score (nSPS) is 10.3. The van der Waals surface area contributed by atoms with Crippen molar-refractivity contribution in [1.29, 1.82) is 0 Å². The first-order chi connectivity index (χ1) is 14.0. The summed E-state index contributed by atoms with van der Waals surface area (Å²) in [6.07, 6.45) is 0.670. The molecule has 0 aliphatic rings. The van der Waals surface area contributed by atoms with E-state index >= 15 is 0 Å². The monoisotopic (exact) mass is 401 g/mol. The average molecular weight is 401 g/mol. The number of nitro benzene ring substituents is 1. The van der Waals surface area contributed by atoms with Crippen LogP contribution in [0.3, 0.4) is 0 Å². The molecular formula is C20H23N3O6. The van der Waals surface area contributed by atoms with Gasteiger partial charge in [0.15, 0.2) is 5.75 Å². The first-order valence-corrected chi connectivity index (χ1v) is 9.06. The summed E-state index contributed by atoms with van der Waals surface area (Å²) < 4.78 is 10.2. The van der Waals surface area contributed by atoms with Gasteiger partial charge in [0.05, 0.1) is 23.3 Å². The number of ether oxygens (including phenoxy) is 2. The highest BCUT2D eigenvalue weighted by Crippen LogP contribution is 2.28. The van der Waals surface area contributed by atoms with Crippen molar-refractivity contribution in [1.82, 2.24) is 5.32 Å². The molecule has 2 N–H and O–H groups in total. The van der Waals surface area contributed by atoms with Gasteiger partial charge in [0.1, 0.15) is 0 Å². The number of para-hydroxylation sites is 1. The van der Waals surface area contributed by atoms with Gasteiger partial charge in [-0.2, -0.15) is 0 Å². The van der Waals surface area contributed by atoms with Crippen molar-refractivity contribution < 1.29 is 24.0 Å². The second kappa shape index (κ2) is 10.8. The van der Waals surface area contributed by atoms with Crippen molar-refractivity contribution in [3.8, 4) is 5.75 Å². The first kappa shape index (κ1) is 21.8. The Morgan fingerprint density at radius 3 is 2.59 bits per heavy atom. The molecule has 9 heteroatoms. The number of carbonyl (C=O) groups excluding carboxylic acids is 2. The molecule has 0 heterocycles. The number of nitro groups is 1. The molecule has 2 rings (SSSR count). The van der Waals surface area contributed by atoms with Crippen LogP contribution in [0.2, 0.25) is 0 Å². The van der Waals surface area contributed by atoms with Crippen LogP contribution in [-0.2, 0) is 4.74 Å². The Morgan fingerprint density at radius 1 is 1.14 bits per heavy atom. The van der Waals surface area contributed by atoms with Crippen molar-refractivity contribution in [3.63, 3.8) is 0 Å². The molecule has 154 valence electrons. The predicted molar refractivity (Wildman–Crippen MR) is 107 cm³/mol. The fraction of sp³-hybridized carbons (Fsp3) is 0.300. The number of hydrogen-bond donors (Lipinski definition) is 2. The van der Waals surface area contributed by atoms with Crippen LogP contribution in [0.15, 0.2) is 42.5 Å². The molecule has 0 aliphatic heterocycles. The lowest BCUT2D eigenvalue weighted by atomic mass is 10.1. The van der Waals surface area contributed by atoms with E-state index in [1.807, 2.05) is 6.92 Å². The third-order valence-corrected chi connectivity index (χ3v) is 4.01. The fourth-order valence-corrected chi connectivity index (χ4v) is 2.57. The highest BCUT2D eigenvalue weighted by Gasteiger charge is 2.19. The largest absolute Gasteiger partial charge is 0.490 e. The number of nitrogens with one attached hydrogen (secondary N) is 2. The van der Waals surface area contributed by atoms with E-state index in [0.717, 1.165) is 6.07 Å².